The highest BCUT2D eigenvalue weighted by Crippen LogP contribution is 2.22. The van der Waals surface area contributed by atoms with Crippen LogP contribution in [0, 0.1) is 0 Å². The van der Waals surface area contributed by atoms with Crippen LogP contribution in [0.2, 0.25) is 0 Å². The molecule has 1 aromatic carbocycles. The van der Waals surface area contributed by atoms with Crippen molar-refractivity contribution >= 4 is 15.9 Å². The number of allylic oxidation sites excluding steroid dienone is 1. The minimum absolute atomic E-state index is 0.218. The maximum absolute atomic E-state index is 9.52. The first-order valence-electron chi connectivity index (χ1n) is 5.36. The van der Waals surface area contributed by atoms with E-state index in [4.69, 9.17) is 0 Å². The van der Waals surface area contributed by atoms with Crippen LogP contribution >= 0.6 is 15.9 Å². The molecule has 1 N–H and O–H groups in total. The Bertz CT molecular complexity index is 353. The van der Waals surface area contributed by atoms with Crippen LogP contribution in [0.25, 0.3) is 0 Å². The zero-order valence-electron chi connectivity index (χ0n) is 8.62. The Morgan fingerprint density at radius 3 is 2.67 bits per heavy atom. The lowest BCUT2D eigenvalue weighted by atomic mass is 9.93. The van der Waals surface area contributed by atoms with Crippen LogP contribution in [0.1, 0.15) is 24.8 Å². The molecule has 0 saturated heterocycles. The number of aliphatic hydroxyl groups is 1. The van der Waals surface area contributed by atoms with Gasteiger partial charge in [-0.25, -0.2) is 0 Å². The lowest BCUT2D eigenvalue weighted by Gasteiger charge is -2.17. The number of benzene rings is 1. The zero-order chi connectivity index (χ0) is 10.7. The van der Waals surface area contributed by atoms with Crippen molar-refractivity contribution < 1.29 is 5.11 Å². The van der Waals surface area contributed by atoms with Gasteiger partial charge in [-0.3, -0.25) is 0 Å². The molecule has 0 aromatic heterocycles. The first kappa shape index (κ1) is 10.9. The first-order valence-corrected chi connectivity index (χ1v) is 6.15. The Morgan fingerprint density at radius 1 is 1.27 bits per heavy atom. The molecule has 15 heavy (non-hydrogen) atoms. The monoisotopic (exact) mass is 266 g/mol. The van der Waals surface area contributed by atoms with E-state index in [-0.39, 0.29) is 6.10 Å². The minimum Gasteiger partial charge on any atom is -0.389 e. The molecule has 0 radical (unpaired) electrons. The second-order valence-corrected chi connectivity index (χ2v) is 5.00. The van der Waals surface area contributed by atoms with Crippen LogP contribution in [-0.2, 0) is 6.42 Å². The van der Waals surface area contributed by atoms with Gasteiger partial charge in [0.05, 0.1) is 6.10 Å². The third-order valence-electron chi connectivity index (χ3n) is 2.77. The third kappa shape index (κ3) is 3.18. The quantitative estimate of drug-likeness (QED) is 0.813. The van der Waals surface area contributed by atoms with E-state index in [1.54, 1.807) is 0 Å². The fraction of sp³-hybridized carbons (Fsp3) is 0.385. The van der Waals surface area contributed by atoms with E-state index in [1.807, 2.05) is 6.08 Å². The molecule has 0 bridgehead atoms. The fourth-order valence-electron chi connectivity index (χ4n) is 1.99. The molecule has 0 aliphatic heterocycles. The Hall–Kier alpha value is -0.600. The van der Waals surface area contributed by atoms with Crippen LogP contribution < -0.4 is 0 Å². The molecule has 0 saturated carbocycles. The maximum Gasteiger partial charge on any atom is 0.0723 e. The predicted octanol–water partition coefficient (Wildman–Crippen LogP) is 3.46. The van der Waals surface area contributed by atoms with Gasteiger partial charge >= 0.3 is 0 Å². The average Bonchev–Trinajstić information content (AvgIpc) is 2.22. The molecule has 0 amide bonds. The smallest absolute Gasteiger partial charge is 0.0723 e. The van der Waals surface area contributed by atoms with Crippen molar-refractivity contribution in [3.63, 3.8) is 0 Å². The van der Waals surface area contributed by atoms with Crippen LogP contribution in [0.15, 0.2) is 40.4 Å². The molecular weight excluding hydrogens is 252 g/mol. The number of aliphatic hydroxyl groups excluding tert-OH is 1. The molecular formula is C13H15BrO. The summed E-state index contributed by atoms with van der Waals surface area (Å²) >= 11 is 3.43. The van der Waals surface area contributed by atoms with E-state index in [1.165, 1.54) is 11.1 Å². The molecule has 0 fully saturated rings. The highest BCUT2D eigenvalue weighted by molar-refractivity contribution is 9.10. The van der Waals surface area contributed by atoms with Gasteiger partial charge < -0.3 is 5.11 Å². The lowest BCUT2D eigenvalue weighted by Crippen LogP contribution is -2.10. The van der Waals surface area contributed by atoms with Crippen molar-refractivity contribution in [3.8, 4) is 0 Å². The summed E-state index contributed by atoms with van der Waals surface area (Å²) in [7, 11) is 0. The molecule has 0 heterocycles. The Morgan fingerprint density at radius 2 is 2.00 bits per heavy atom. The average molecular weight is 267 g/mol. The van der Waals surface area contributed by atoms with E-state index in [2.05, 4.69) is 40.2 Å². The summed E-state index contributed by atoms with van der Waals surface area (Å²) in [5.74, 6) is 0. The number of hydrogen-bond acceptors (Lipinski definition) is 1. The normalized spacial score (nSPS) is 21.2. The molecule has 1 atom stereocenters. The largest absolute Gasteiger partial charge is 0.389 e. The molecule has 0 spiro atoms. The van der Waals surface area contributed by atoms with Crippen LogP contribution in [0.5, 0.6) is 0 Å². The topological polar surface area (TPSA) is 20.2 Å². The van der Waals surface area contributed by atoms with Gasteiger partial charge in [-0.15, -0.1) is 0 Å². The van der Waals surface area contributed by atoms with E-state index < -0.39 is 0 Å². The summed E-state index contributed by atoms with van der Waals surface area (Å²) in [6, 6.07) is 8.39. The maximum atomic E-state index is 9.52. The molecule has 2 rings (SSSR count). The third-order valence-corrected chi connectivity index (χ3v) is 3.30. The highest BCUT2D eigenvalue weighted by Gasteiger charge is 2.10. The minimum atomic E-state index is -0.218. The molecule has 2 heteroatoms. The van der Waals surface area contributed by atoms with Crippen molar-refractivity contribution in [2.75, 3.05) is 0 Å². The summed E-state index contributed by atoms with van der Waals surface area (Å²) in [5.41, 5.74) is 2.69. The molecule has 80 valence electrons. The van der Waals surface area contributed by atoms with Gasteiger partial charge in [0.25, 0.3) is 0 Å². The van der Waals surface area contributed by atoms with Gasteiger partial charge in [-0.2, -0.15) is 0 Å². The first-order chi connectivity index (χ1) is 7.24. The summed E-state index contributed by atoms with van der Waals surface area (Å²) in [4.78, 5) is 0. The standard InChI is InChI=1S/C13H15BrO/c14-12-6-4-10(5-7-12)8-11-2-1-3-13(15)9-11/h4-7,9,13,15H,1-3,8H2. The highest BCUT2D eigenvalue weighted by atomic mass is 79.9. The van der Waals surface area contributed by atoms with Crippen LogP contribution in [0.4, 0.5) is 0 Å². The molecule has 1 aliphatic carbocycles. The van der Waals surface area contributed by atoms with Crippen LogP contribution in [-0.4, -0.2) is 11.2 Å². The van der Waals surface area contributed by atoms with Gasteiger partial charge in [-0.05, 0) is 43.4 Å². The van der Waals surface area contributed by atoms with Crippen molar-refractivity contribution in [2.24, 2.45) is 0 Å². The molecule has 1 nitrogen and oxygen atoms in total. The van der Waals surface area contributed by atoms with Crippen molar-refractivity contribution in [3.05, 3.63) is 46.0 Å². The van der Waals surface area contributed by atoms with E-state index in [0.717, 1.165) is 30.2 Å². The zero-order valence-corrected chi connectivity index (χ0v) is 10.2. The van der Waals surface area contributed by atoms with Gasteiger partial charge in [0.15, 0.2) is 0 Å². The SMILES string of the molecule is OC1C=C(Cc2ccc(Br)cc2)CCC1. The van der Waals surface area contributed by atoms with Crippen LogP contribution in [0.3, 0.4) is 0 Å². The molecule has 1 unspecified atom stereocenters. The summed E-state index contributed by atoms with van der Waals surface area (Å²) in [6.45, 7) is 0. The van der Waals surface area contributed by atoms with Crippen molar-refractivity contribution in [2.45, 2.75) is 31.8 Å². The second kappa shape index (κ2) is 4.95. The number of rotatable bonds is 2. The number of hydrogen-bond donors (Lipinski definition) is 1. The Balaban J connectivity index is 2.05. The predicted molar refractivity (Wildman–Crippen MR) is 65.8 cm³/mol. The second-order valence-electron chi connectivity index (χ2n) is 4.09. The lowest BCUT2D eigenvalue weighted by molar-refractivity contribution is 0.202. The van der Waals surface area contributed by atoms with Gasteiger partial charge in [-0.1, -0.05) is 39.7 Å². The summed E-state index contributed by atoms with van der Waals surface area (Å²) in [5, 5.41) is 9.52. The van der Waals surface area contributed by atoms with Gasteiger partial charge in [0.1, 0.15) is 0 Å². The summed E-state index contributed by atoms with van der Waals surface area (Å²) in [6.07, 6.45) is 5.94. The molecule has 1 aromatic rings. The number of halogens is 1. The molecule has 1 aliphatic rings. The Kier molecular flexibility index (Phi) is 3.60. The summed E-state index contributed by atoms with van der Waals surface area (Å²) < 4.78 is 1.11. The van der Waals surface area contributed by atoms with Crippen molar-refractivity contribution in [1.82, 2.24) is 0 Å². The van der Waals surface area contributed by atoms with Gasteiger partial charge in [0.2, 0.25) is 0 Å². The Labute approximate surface area is 99.0 Å². The van der Waals surface area contributed by atoms with E-state index >= 15 is 0 Å². The fourth-order valence-corrected chi connectivity index (χ4v) is 2.25. The van der Waals surface area contributed by atoms with E-state index in [0.29, 0.717) is 0 Å². The van der Waals surface area contributed by atoms with E-state index in [9.17, 15) is 5.11 Å². The van der Waals surface area contributed by atoms with Gasteiger partial charge in [0, 0.05) is 4.47 Å². The van der Waals surface area contributed by atoms with Crippen molar-refractivity contribution in [1.29, 1.82) is 0 Å².